The van der Waals surface area contributed by atoms with Crippen LogP contribution in [0.5, 0.6) is 5.75 Å². The van der Waals surface area contributed by atoms with Gasteiger partial charge in [-0.1, -0.05) is 23.8 Å². The second kappa shape index (κ2) is 7.94. The van der Waals surface area contributed by atoms with Crippen LogP contribution in [0.2, 0.25) is 0 Å². The highest BCUT2D eigenvalue weighted by atomic mass is 32.2. The summed E-state index contributed by atoms with van der Waals surface area (Å²) in [5.41, 5.74) is 1.55. The first-order chi connectivity index (χ1) is 11.3. The number of benzene rings is 2. The van der Waals surface area contributed by atoms with Crippen molar-refractivity contribution in [2.75, 3.05) is 11.9 Å². The Morgan fingerprint density at radius 2 is 1.88 bits per heavy atom. The van der Waals surface area contributed by atoms with E-state index in [2.05, 4.69) is 5.32 Å². The van der Waals surface area contributed by atoms with E-state index in [1.165, 1.54) is 18.2 Å². The van der Waals surface area contributed by atoms with Gasteiger partial charge >= 0.3 is 0 Å². The summed E-state index contributed by atoms with van der Waals surface area (Å²) < 4.78 is 28.1. The highest BCUT2D eigenvalue weighted by Gasteiger charge is 2.09. The Balaban J connectivity index is 1.78. The van der Waals surface area contributed by atoms with Crippen LogP contribution < -0.4 is 15.2 Å². The largest absolute Gasteiger partial charge is 0.494 e. The van der Waals surface area contributed by atoms with E-state index in [1.807, 2.05) is 31.2 Å². The van der Waals surface area contributed by atoms with Gasteiger partial charge in [-0.2, -0.15) is 0 Å². The summed E-state index contributed by atoms with van der Waals surface area (Å²) in [6.07, 6.45) is 0.819. The van der Waals surface area contributed by atoms with E-state index in [1.54, 1.807) is 6.07 Å². The summed E-state index contributed by atoms with van der Waals surface area (Å²) in [6, 6.07) is 13.5. The highest BCUT2D eigenvalue weighted by Crippen LogP contribution is 2.15. The normalized spacial score (nSPS) is 11.1. The number of ether oxygens (including phenoxy) is 1. The molecule has 0 aliphatic heterocycles. The number of hydrogen-bond acceptors (Lipinski definition) is 4. The molecular formula is C17H20N2O4S. The topological polar surface area (TPSA) is 98.5 Å². The average Bonchev–Trinajstić information content (AvgIpc) is 2.53. The maximum absolute atomic E-state index is 11.9. The van der Waals surface area contributed by atoms with Crippen molar-refractivity contribution >= 4 is 21.6 Å². The number of sulfonamides is 1. The third-order valence-corrected chi connectivity index (χ3v) is 4.20. The fourth-order valence-electron chi connectivity index (χ4n) is 2.03. The molecule has 6 nitrogen and oxygen atoms in total. The predicted octanol–water partition coefficient (Wildman–Crippen LogP) is 2.44. The summed E-state index contributed by atoms with van der Waals surface area (Å²) in [5, 5.41) is 7.71. The van der Waals surface area contributed by atoms with Crippen molar-refractivity contribution in [3.05, 3.63) is 54.1 Å². The van der Waals surface area contributed by atoms with Crippen LogP contribution in [0.4, 0.5) is 5.69 Å². The van der Waals surface area contributed by atoms with Gasteiger partial charge in [0.2, 0.25) is 15.9 Å². The van der Waals surface area contributed by atoms with Crippen molar-refractivity contribution < 1.29 is 17.9 Å². The molecule has 0 heterocycles. The molecule has 0 bridgehead atoms. The minimum absolute atomic E-state index is 0.0389. The van der Waals surface area contributed by atoms with Crippen molar-refractivity contribution in [1.82, 2.24) is 0 Å². The molecule has 7 heteroatoms. The van der Waals surface area contributed by atoms with E-state index < -0.39 is 10.0 Å². The summed E-state index contributed by atoms with van der Waals surface area (Å²) in [5.74, 6) is 0.552. The van der Waals surface area contributed by atoms with E-state index in [0.29, 0.717) is 18.7 Å². The number of aryl methyl sites for hydroxylation is 1. The zero-order valence-corrected chi connectivity index (χ0v) is 14.2. The van der Waals surface area contributed by atoms with Gasteiger partial charge in [0, 0.05) is 12.1 Å². The average molecular weight is 348 g/mol. The highest BCUT2D eigenvalue weighted by molar-refractivity contribution is 7.89. The number of anilines is 1. The van der Waals surface area contributed by atoms with Crippen molar-refractivity contribution in [2.45, 2.75) is 24.7 Å². The summed E-state index contributed by atoms with van der Waals surface area (Å²) in [4.78, 5) is 11.8. The third kappa shape index (κ3) is 5.68. The quantitative estimate of drug-likeness (QED) is 0.751. The van der Waals surface area contributed by atoms with Crippen LogP contribution in [0.15, 0.2) is 53.4 Å². The second-order valence-corrected chi connectivity index (χ2v) is 6.95. The zero-order chi connectivity index (χ0) is 17.6. The lowest BCUT2D eigenvalue weighted by molar-refractivity contribution is -0.116. The monoisotopic (exact) mass is 348 g/mol. The molecule has 0 aliphatic rings. The van der Waals surface area contributed by atoms with Gasteiger partial charge in [-0.05, 0) is 43.7 Å². The van der Waals surface area contributed by atoms with Gasteiger partial charge in [-0.25, -0.2) is 13.6 Å². The lowest BCUT2D eigenvalue weighted by Gasteiger charge is -2.08. The Labute approximate surface area is 141 Å². The molecule has 0 fully saturated rings. The molecule has 3 N–H and O–H groups in total. The molecule has 2 rings (SSSR count). The molecule has 0 saturated carbocycles. The number of nitrogens with one attached hydrogen (secondary N) is 1. The van der Waals surface area contributed by atoms with Crippen LogP contribution in [0.1, 0.15) is 18.4 Å². The molecule has 1 amide bonds. The van der Waals surface area contributed by atoms with E-state index >= 15 is 0 Å². The van der Waals surface area contributed by atoms with Crippen LogP contribution in [0, 0.1) is 6.92 Å². The maximum atomic E-state index is 11.9. The Hall–Kier alpha value is -2.38. The Morgan fingerprint density at radius 1 is 1.17 bits per heavy atom. The first-order valence-electron chi connectivity index (χ1n) is 7.47. The number of nitrogens with two attached hydrogens (primary N) is 1. The first kappa shape index (κ1) is 18.0. The lowest BCUT2D eigenvalue weighted by Crippen LogP contribution is -2.15. The van der Waals surface area contributed by atoms with Crippen molar-refractivity contribution in [2.24, 2.45) is 5.14 Å². The molecule has 2 aromatic rings. The Morgan fingerprint density at radius 3 is 2.54 bits per heavy atom. The van der Waals surface area contributed by atoms with Crippen molar-refractivity contribution in [1.29, 1.82) is 0 Å². The second-order valence-electron chi connectivity index (χ2n) is 5.39. The third-order valence-electron chi connectivity index (χ3n) is 3.28. The van der Waals surface area contributed by atoms with E-state index in [9.17, 15) is 13.2 Å². The molecule has 0 radical (unpaired) electrons. The molecule has 0 aromatic heterocycles. The molecule has 24 heavy (non-hydrogen) atoms. The Bertz CT molecular complexity index is 802. The van der Waals surface area contributed by atoms with Crippen LogP contribution in [-0.4, -0.2) is 20.9 Å². The van der Waals surface area contributed by atoms with Crippen LogP contribution in [0.3, 0.4) is 0 Å². The van der Waals surface area contributed by atoms with E-state index in [0.717, 1.165) is 11.3 Å². The van der Waals surface area contributed by atoms with Gasteiger partial charge < -0.3 is 10.1 Å². The smallest absolute Gasteiger partial charge is 0.238 e. The van der Waals surface area contributed by atoms with E-state index in [4.69, 9.17) is 9.88 Å². The lowest BCUT2D eigenvalue weighted by atomic mass is 10.2. The van der Waals surface area contributed by atoms with Crippen molar-refractivity contribution in [3.63, 3.8) is 0 Å². The van der Waals surface area contributed by atoms with Gasteiger partial charge in [-0.3, -0.25) is 4.79 Å². The SMILES string of the molecule is Cc1ccc(OCCCC(=O)Nc2cccc(S(N)(=O)=O)c2)cc1. The minimum Gasteiger partial charge on any atom is -0.494 e. The number of amides is 1. The number of rotatable bonds is 7. The molecule has 0 aliphatic carbocycles. The minimum atomic E-state index is -3.79. The molecule has 0 spiro atoms. The van der Waals surface area contributed by atoms with Crippen LogP contribution >= 0.6 is 0 Å². The van der Waals surface area contributed by atoms with Crippen LogP contribution in [0.25, 0.3) is 0 Å². The zero-order valence-electron chi connectivity index (χ0n) is 13.4. The predicted molar refractivity (Wildman–Crippen MR) is 92.4 cm³/mol. The van der Waals surface area contributed by atoms with Crippen molar-refractivity contribution in [3.8, 4) is 5.75 Å². The maximum Gasteiger partial charge on any atom is 0.238 e. The van der Waals surface area contributed by atoms with Gasteiger partial charge in [0.15, 0.2) is 0 Å². The number of hydrogen-bond donors (Lipinski definition) is 2. The molecule has 2 aromatic carbocycles. The molecule has 0 saturated heterocycles. The molecular weight excluding hydrogens is 328 g/mol. The van der Waals surface area contributed by atoms with Gasteiger partial charge in [-0.15, -0.1) is 0 Å². The fourth-order valence-corrected chi connectivity index (χ4v) is 2.59. The Kier molecular flexibility index (Phi) is 5.94. The van der Waals surface area contributed by atoms with Crippen LogP contribution in [-0.2, 0) is 14.8 Å². The summed E-state index contributed by atoms with van der Waals surface area (Å²) in [6.45, 7) is 2.42. The summed E-state index contributed by atoms with van der Waals surface area (Å²) in [7, 11) is -3.79. The number of carbonyl (C=O) groups is 1. The van der Waals surface area contributed by atoms with Gasteiger partial charge in [0.05, 0.1) is 11.5 Å². The standard InChI is InChI=1S/C17H20N2O4S/c1-13-7-9-15(10-8-13)23-11-3-6-17(20)19-14-4-2-5-16(12-14)24(18,21)22/h2,4-5,7-10,12H,3,6,11H2,1H3,(H,19,20)(H2,18,21,22). The van der Waals surface area contributed by atoms with Gasteiger partial charge in [0.25, 0.3) is 0 Å². The number of carbonyl (C=O) groups excluding carboxylic acids is 1. The van der Waals surface area contributed by atoms with E-state index in [-0.39, 0.29) is 17.2 Å². The first-order valence-corrected chi connectivity index (χ1v) is 9.01. The molecule has 0 atom stereocenters. The molecule has 0 unspecified atom stereocenters. The number of primary sulfonamides is 1. The molecule has 128 valence electrons. The van der Waals surface area contributed by atoms with Gasteiger partial charge in [0.1, 0.15) is 5.75 Å². The fraction of sp³-hybridized carbons (Fsp3) is 0.235. The summed E-state index contributed by atoms with van der Waals surface area (Å²) >= 11 is 0.